The van der Waals surface area contributed by atoms with E-state index in [9.17, 15) is 5.11 Å². The van der Waals surface area contributed by atoms with Gasteiger partial charge in [-0.3, -0.25) is 0 Å². The molecule has 0 spiro atoms. The number of aromatic nitrogens is 2. The zero-order valence-corrected chi connectivity index (χ0v) is 11.2. The van der Waals surface area contributed by atoms with E-state index in [1.54, 1.807) is 0 Å². The molecule has 18 heavy (non-hydrogen) atoms. The van der Waals surface area contributed by atoms with Gasteiger partial charge in [-0.2, -0.15) is 0 Å². The Hall–Kier alpha value is -1.55. The van der Waals surface area contributed by atoms with E-state index in [-0.39, 0.29) is 6.61 Å². The highest BCUT2D eigenvalue weighted by molar-refractivity contribution is 5.79. The molecule has 0 fully saturated rings. The third kappa shape index (κ3) is 2.34. The van der Waals surface area contributed by atoms with Gasteiger partial charge in [0, 0.05) is 12.2 Å². The van der Waals surface area contributed by atoms with Crippen LogP contribution in [0.1, 0.15) is 26.6 Å². The van der Waals surface area contributed by atoms with Crippen LogP contribution in [0.2, 0.25) is 0 Å². The van der Waals surface area contributed by atoms with Crippen LogP contribution in [0.3, 0.4) is 0 Å². The van der Waals surface area contributed by atoms with Gasteiger partial charge >= 0.3 is 0 Å². The van der Waals surface area contributed by atoms with Crippen LogP contribution < -0.4 is 5.73 Å². The standard InChI is InChI=1S/C14H21N3O/c1-9(2)10(3)7-17-13-5-4-11(15)6-12(13)16-14(17)8-18/h4-6,9-10,18H,7-8,15H2,1-3H3. The molecule has 0 bridgehead atoms. The van der Waals surface area contributed by atoms with E-state index < -0.39 is 0 Å². The van der Waals surface area contributed by atoms with Gasteiger partial charge in [-0.15, -0.1) is 0 Å². The van der Waals surface area contributed by atoms with Gasteiger partial charge in [-0.25, -0.2) is 4.98 Å². The summed E-state index contributed by atoms with van der Waals surface area (Å²) in [6.45, 7) is 7.46. The number of benzene rings is 1. The zero-order chi connectivity index (χ0) is 13.3. The van der Waals surface area contributed by atoms with Crippen molar-refractivity contribution in [2.75, 3.05) is 5.73 Å². The minimum absolute atomic E-state index is 0.0423. The maximum atomic E-state index is 9.43. The summed E-state index contributed by atoms with van der Waals surface area (Å²) < 4.78 is 2.10. The van der Waals surface area contributed by atoms with Crippen LogP contribution in [0.15, 0.2) is 18.2 Å². The quantitative estimate of drug-likeness (QED) is 0.815. The Kier molecular flexibility index (Phi) is 3.57. The van der Waals surface area contributed by atoms with Gasteiger partial charge in [0.05, 0.1) is 11.0 Å². The maximum Gasteiger partial charge on any atom is 0.135 e. The summed E-state index contributed by atoms with van der Waals surface area (Å²) in [5.41, 5.74) is 8.36. The summed E-state index contributed by atoms with van der Waals surface area (Å²) in [5, 5.41) is 9.43. The van der Waals surface area contributed by atoms with Crippen LogP contribution in [0.4, 0.5) is 5.69 Å². The summed E-state index contributed by atoms with van der Waals surface area (Å²) >= 11 is 0. The highest BCUT2D eigenvalue weighted by Crippen LogP contribution is 2.22. The topological polar surface area (TPSA) is 64.1 Å². The molecule has 2 rings (SSSR count). The van der Waals surface area contributed by atoms with Crippen molar-refractivity contribution in [2.24, 2.45) is 11.8 Å². The van der Waals surface area contributed by atoms with Gasteiger partial charge in [0.2, 0.25) is 0 Å². The molecule has 0 saturated heterocycles. The zero-order valence-electron chi connectivity index (χ0n) is 11.2. The fourth-order valence-electron chi connectivity index (χ4n) is 2.02. The van der Waals surface area contributed by atoms with Crippen molar-refractivity contribution in [3.63, 3.8) is 0 Å². The lowest BCUT2D eigenvalue weighted by molar-refractivity contribution is 0.259. The van der Waals surface area contributed by atoms with Crippen molar-refractivity contribution in [3.05, 3.63) is 24.0 Å². The minimum Gasteiger partial charge on any atom is -0.399 e. The van der Waals surface area contributed by atoms with E-state index in [0.29, 0.717) is 23.3 Å². The Labute approximate surface area is 107 Å². The Morgan fingerprint density at radius 1 is 1.33 bits per heavy atom. The van der Waals surface area contributed by atoms with Gasteiger partial charge in [0.25, 0.3) is 0 Å². The number of imidazole rings is 1. The first kappa shape index (κ1) is 12.9. The lowest BCUT2D eigenvalue weighted by atomic mass is 9.98. The third-order valence-electron chi connectivity index (χ3n) is 3.60. The van der Waals surface area contributed by atoms with Crippen molar-refractivity contribution >= 4 is 16.7 Å². The van der Waals surface area contributed by atoms with Crippen LogP contribution in [-0.4, -0.2) is 14.7 Å². The number of nitrogens with two attached hydrogens (primary N) is 1. The molecule has 0 aliphatic rings. The summed E-state index contributed by atoms with van der Waals surface area (Å²) in [7, 11) is 0. The number of rotatable bonds is 4. The van der Waals surface area contributed by atoms with Gasteiger partial charge in [0.1, 0.15) is 12.4 Å². The van der Waals surface area contributed by atoms with Crippen LogP contribution in [0.25, 0.3) is 11.0 Å². The largest absolute Gasteiger partial charge is 0.399 e. The normalized spacial score (nSPS) is 13.4. The van der Waals surface area contributed by atoms with Gasteiger partial charge < -0.3 is 15.4 Å². The first-order valence-electron chi connectivity index (χ1n) is 6.38. The molecule has 0 saturated carbocycles. The third-order valence-corrected chi connectivity index (χ3v) is 3.60. The van der Waals surface area contributed by atoms with Gasteiger partial charge in [0.15, 0.2) is 0 Å². The Balaban J connectivity index is 2.47. The summed E-state index contributed by atoms with van der Waals surface area (Å²) in [6.07, 6.45) is 0. The Morgan fingerprint density at radius 2 is 2.06 bits per heavy atom. The molecule has 0 radical (unpaired) electrons. The van der Waals surface area contributed by atoms with Crippen molar-refractivity contribution in [1.82, 2.24) is 9.55 Å². The van der Waals surface area contributed by atoms with Gasteiger partial charge in [-0.05, 0) is 30.0 Å². The molecule has 0 aliphatic carbocycles. The van der Waals surface area contributed by atoms with Crippen molar-refractivity contribution in [3.8, 4) is 0 Å². The van der Waals surface area contributed by atoms with Crippen LogP contribution in [0, 0.1) is 11.8 Å². The molecule has 1 aromatic carbocycles. The molecular formula is C14H21N3O. The number of hydrogen-bond acceptors (Lipinski definition) is 3. The molecule has 4 heteroatoms. The fourth-order valence-corrected chi connectivity index (χ4v) is 2.02. The first-order valence-corrected chi connectivity index (χ1v) is 6.38. The van der Waals surface area contributed by atoms with E-state index in [2.05, 4.69) is 30.3 Å². The number of anilines is 1. The van der Waals surface area contributed by atoms with Crippen LogP contribution >= 0.6 is 0 Å². The monoisotopic (exact) mass is 247 g/mol. The number of nitrogen functional groups attached to an aromatic ring is 1. The molecule has 98 valence electrons. The van der Waals surface area contributed by atoms with E-state index in [0.717, 1.165) is 17.6 Å². The predicted octanol–water partition coefficient (Wildman–Crippen LogP) is 2.40. The number of hydrogen-bond donors (Lipinski definition) is 2. The van der Waals surface area contributed by atoms with E-state index in [4.69, 9.17) is 5.73 Å². The smallest absolute Gasteiger partial charge is 0.135 e. The lowest BCUT2D eigenvalue weighted by Gasteiger charge is -2.18. The average molecular weight is 247 g/mol. The summed E-state index contributed by atoms with van der Waals surface area (Å²) in [6, 6.07) is 5.70. The molecule has 0 aliphatic heterocycles. The van der Waals surface area contributed by atoms with Crippen molar-refractivity contribution < 1.29 is 5.11 Å². The summed E-state index contributed by atoms with van der Waals surface area (Å²) in [4.78, 5) is 4.44. The van der Waals surface area contributed by atoms with Gasteiger partial charge in [-0.1, -0.05) is 20.8 Å². The molecule has 1 heterocycles. The maximum absolute atomic E-state index is 9.43. The van der Waals surface area contributed by atoms with E-state index >= 15 is 0 Å². The molecule has 3 N–H and O–H groups in total. The minimum atomic E-state index is -0.0423. The van der Waals surface area contributed by atoms with E-state index in [1.807, 2.05) is 18.2 Å². The number of aliphatic hydroxyl groups excluding tert-OH is 1. The molecule has 1 atom stereocenters. The SMILES string of the molecule is CC(C)C(C)Cn1c(CO)nc2cc(N)ccc21. The second-order valence-corrected chi connectivity index (χ2v) is 5.27. The fraction of sp³-hybridized carbons (Fsp3) is 0.500. The predicted molar refractivity (Wildman–Crippen MR) is 74.1 cm³/mol. The highest BCUT2D eigenvalue weighted by atomic mass is 16.3. The summed E-state index contributed by atoms with van der Waals surface area (Å²) in [5.74, 6) is 1.84. The Morgan fingerprint density at radius 3 is 2.67 bits per heavy atom. The van der Waals surface area contributed by atoms with Crippen molar-refractivity contribution in [2.45, 2.75) is 33.9 Å². The lowest BCUT2D eigenvalue weighted by Crippen LogP contribution is -2.15. The number of aliphatic hydroxyl groups is 1. The first-order chi connectivity index (χ1) is 8.52. The van der Waals surface area contributed by atoms with E-state index in [1.165, 1.54) is 0 Å². The van der Waals surface area contributed by atoms with Crippen LogP contribution in [0.5, 0.6) is 0 Å². The van der Waals surface area contributed by atoms with Crippen LogP contribution in [-0.2, 0) is 13.2 Å². The Bertz CT molecular complexity index is 545. The molecule has 4 nitrogen and oxygen atoms in total. The second-order valence-electron chi connectivity index (χ2n) is 5.27. The number of fused-ring (bicyclic) bond motifs is 1. The second kappa shape index (κ2) is 4.98. The molecule has 1 unspecified atom stereocenters. The molecule has 1 aromatic heterocycles. The molecular weight excluding hydrogens is 226 g/mol. The van der Waals surface area contributed by atoms with Crippen molar-refractivity contribution in [1.29, 1.82) is 0 Å². The average Bonchev–Trinajstić information content (AvgIpc) is 2.66. The highest BCUT2D eigenvalue weighted by Gasteiger charge is 2.14. The number of nitrogens with zero attached hydrogens (tertiary/aromatic N) is 2. The molecule has 2 aromatic rings. The molecule has 0 amide bonds.